The molecule has 5 nitrogen and oxygen atoms in total. The van der Waals surface area contributed by atoms with Crippen molar-refractivity contribution < 1.29 is 33.3 Å². The van der Waals surface area contributed by atoms with Gasteiger partial charge in [0.15, 0.2) is 0 Å². The molecule has 2 aromatic rings. The van der Waals surface area contributed by atoms with Crippen LogP contribution >= 0.6 is 0 Å². The number of carboxylic acids is 1. The van der Waals surface area contributed by atoms with Crippen molar-refractivity contribution in [3.8, 4) is 5.75 Å². The fourth-order valence-corrected chi connectivity index (χ4v) is 5.46. The summed E-state index contributed by atoms with van der Waals surface area (Å²) in [7, 11) is 0. The minimum Gasteiger partial charge on any atom is -0.491 e. The standard InChI is InChI=1S/C29H32F2O5/c30-21-9-7-20(8-10-21)29-17-27(36-19-29)25(26(29)5-3-1-2-4-6-28(33)34)16-13-23(32)18-35-24-14-11-22(31)12-15-24/h1,3,7-16,23,25-27,32H,2,4-6,17-19H2,(H,33,34)/b3-1-,16-13+/t23-,25+,26+,27+,29+/m1/s1. The van der Waals surface area contributed by atoms with E-state index in [-0.39, 0.29) is 48.0 Å². The molecule has 1 saturated carbocycles. The third kappa shape index (κ3) is 6.20. The number of hydrogen-bond acceptors (Lipinski definition) is 4. The summed E-state index contributed by atoms with van der Waals surface area (Å²) < 4.78 is 38.4. The Hall–Kier alpha value is -3.03. The lowest BCUT2D eigenvalue weighted by atomic mass is 9.69. The normalized spacial score (nSPS) is 26.1. The fraction of sp³-hybridized carbons (Fsp3) is 0.414. The molecule has 1 heterocycles. The van der Waals surface area contributed by atoms with Gasteiger partial charge in [-0.1, -0.05) is 36.4 Å². The molecule has 0 unspecified atom stereocenters. The van der Waals surface area contributed by atoms with E-state index in [1.54, 1.807) is 6.08 Å². The van der Waals surface area contributed by atoms with Crippen LogP contribution in [0.4, 0.5) is 8.78 Å². The molecule has 7 heteroatoms. The first-order valence-corrected chi connectivity index (χ1v) is 12.4. The molecule has 4 rings (SSSR count). The zero-order chi connectivity index (χ0) is 25.5. The molecule has 0 amide bonds. The Morgan fingerprint density at radius 1 is 1.11 bits per heavy atom. The molecule has 2 N–H and O–H groups in total. The zero-order valence-corrected chi connectivity index (χ0v) is 20.1. The van der Waals surface area contributed by atoms with E-state index in [1.807, 2.05) is 24.3 Å². The van der Waals surface area contributed by atoms with Gasteiger partial charge in [0.2, 0.25) is 0 Å². The highest BCUT2D eigenvalue weighted by Crippen LogP contribution is 2.57. The zero-order valence-electron chi connectivity index (χ0n) is 20.1. The maximum atomic E-state index is 13.6. The summed E-state index contributed by atoms with van der Waals surface area (Å²) in [4.78, 5) is 10.7. The van der Waals surface area contributed by atoms with Crippen LogP contribution in [-0.2, 0) is 14.9 Å². The highest BCUT2D eigenvalue weighted by molar-refractivity contribution is 5.66. The van der Waals surface area contributed by atoms with Crippen molar-refractivity contribution in [3.05, 3.63) is 90.0 Å². The molecule has 2 fully saturated rings. The Bertz CT molecular complexity index is 1070. The third-order valence-electron chi connectivity index (χ3n) is 7.25. The average molecular weight is 499 g/mol. The van der Waals surface area contributed by atoms with Crippen LogP contribution in [0, 0.1) is 23.5 Å². The monoisotopic (exact) mass is 498 g/mol. The number of halogens is 2. The van der Waals surface area contributed by atoms with Crippen molar-refractivity contribution in [2.45, 2.75) is 49.7 Å². The Kier molecular flexibility index (Phi) is 8.54. The third-order valence-corrected chi connectivity index (χ3v) is 7.25. The summed E-state index contributed by atoms with van der Waals surface area (Å²) in [5.41, 5.74) is 0.792. The first kappa shape index (κ1) is 26.0. The predicted octanol–water partition coefficient (Wildman–Crippen LogP) is 5.43. The van der Waals surface area contributed by atoms with E-state index in [4.69, 9.17) is 14.6 Å². The number of hydrogen-bond donors (Lipinski definition) is 2. The Balaban J connectivity index is 1.45. The SMILES string of the molecule is O=C(O)CCC/C=C\C[C@H]1[C@H](/C=C/[C@@H](O)COc2ccc(F)cc2)[C@@H]2C[C@@]1(c1ccc(F)cc1)CO2. The molecular formula is C29H32F2O5. The van der Waals surface area contributed by atoms with Crippen LogP contribution in [0.25, 0.3) is 0 Å². The topological polar surface area (TPSA) is 76.0 Å². The number of aliphatic hydroxyl groups excluding tert-OH is 1. The van der Waals surface area contributed by atoms with Crippen LogP contribution < -0.4 is 4.74 Å². The Morgan fingerprint density at radius 3 is 2.50 bits per heavy atom. The smallest absolute Gasteiger partial charge is 0.303 e. The van der Waals surface area contributed by atoms with E-state index in [0.29, 0.717) is 25.2 Å². The molecule has 0 spiro atoms. The lowest BCUT2D eigenvalue weighted by Crippen LogP contribution is -2.39. The first-order chi connectivity index (χ1) is 17.4. The van der Waals surface area contributed by atoms with E-state index in [1.165, 1.54) is 36.4 Å². The van der Waals surface area contributed by atoms with E-state index < -0.39 is 12.1 Å². The van der Waals surface area contributed by atoms with Crippen LogP contribution in [0.2, 0.25) is 0 Å². The quantitative estimate of drug-likeness (QED) is 0.301. The van der Waals surface area contributed by atoms with Gasteiger partial charge in [-0.25, -0.2) is 8.78 Å². The van der Waals surface area contributed by atoms with Crippen molar-refractivity contribution in [2.75, 3.05) is 13.2 Å². The second-order valence-electron chi connectivity index (χ2n) is 9.61. The number of benzene rings is 2. The van der Waals surface area contributed by atoms with Gasteiger partial charge in [0.1, 0.15) is 30.1 Å². The van der Waals surface area contributed by atoms with Crippen LogP contribution in [0.5, 0.6) is 5.75 Å². The van der Waals surface area contributed by atoms with Crippen LogP contribution in [0.15, 0.2) is 72.8 Å². The Morgan fingerprint density at radius 2 is 1.81 bits per heavy atom. The second-order valence-corrected chi connectivity index (χ2v) is 9.61. The summed E-state index contributed by atoms with van der Waals surface area (Å²) in [6.07, 6.45) is 10.0. The van der Waals surface area contributed by atoms with Crippen LogP contribution in [0.1, 0.15) is 37.7 Å². The van der Waals surface area contributed by atoms with Crippen LogP contribution in [0.3, 0.4) is 0 Å². The number of carbonyl (C=O) groups is 1. The lowest BCUT2D eigenvalue weighted by Gasteiger charge is -2.38. The summed E-state index contributed by atoms with van der Waals surface area (Å²) >= 11 is 0. The molecule has 2 bridgehead atoms. The van der Waals surface area contributed by atoms with Gasteiger partial charge in [0.05, 0.1) is 12.7 Å². The molecule has 2 aliphatic rings. The van der Waals surface area contributed by atoms with Crippen molar-refractivity contribution >= 4 is 5.97 Å². The second kappa shape index (κ2) is 11.8. The first-order valence-electron chi connectivity index (χ1n) is 12.4. The van der Waals surface area contributed by atoms with E-state index in [9.17, 15) is 18.7 Å². The highest BCUT2D eigenvalue weighted by atomic mass is 19.1. The average Bonchev–Trinajstić information content (AvgIpc) is 3.43. The molecule has 36 heavy (non-hydrogen) atoms. The molecule has 0 aromatic heterocycles. The molecule has 192 valence electrons. The summed E-state index contributed by atoms with van der Waals surface area (Å²) in [6.45, 7) is 0.596. The minimum atomic E-state index is -0.844. The number of rotatable bonds is 12. The van der Waals surface area contributed by atoms with Gasteiger partial charge in [0.25, 0.3) is 0 Å². The number of allylic oxidation sites excluding steroid dienone is 2. The van der Waals surface area contributed by atoms with Gasteiger partial charge >= 0.3 is 5.97 Å². The summed E-state index contributed by atoms with van der Waals surface area (Å²) in [6, 6.07) is 12.3. The van der Waals surface area contributed by atoms with Gasteiger partial charge in [-0.2, -0.15) is 0 Å². The summed E-state index contributed by atoms with van der Waals surface area (Å²) in [5.74, 6) is -0.716. The molecule has 1 aliphatic heterocycles. The lowest BCUT2D eigenvalue weighted by molar-refractivity contribution is -0.137. The number of unbranched alkanes of at least 4 members (excludes halogenated alkanes) is 1. The number of aliphatic carboxylic acids is 1. The van der Waals surface area contributed by atoms with E-state index >= 15 is 0 Å². The number of ether oxygens (including phenoxy) is 2. The number of aliphatic hydroxyl groups is 1. The van der Waals surface area contributed by atoms with E-state index in [0.717, 1.165) is 18.4 Å². The molecule has 5 atom stereocenters. The molecule has 1 aliphatic carbocycles. The fourth-order valence-electron chi connectivity index (χ4n) is 5.46. The number of fused-ring (bicyclic) bond motifs is 2. The largest absolute Gasteiger partial charge is 0.491 e. The van der Waals surface area contributed by atoms with Gasteiger partial charge in [-0.15, -0.1) is 0 Å². The van der Waals surface area contributed by atoms with Crippen molar-refractivity contribution in [1.29, 1.82) is 0 Å². The predicted molar refractivity (Wildman–Crippen MR) is 132 cm³/mol. The molecule has 2 aromatic carbocycles. The van der Waals surface area contributed by atoms with Crippen molar-refractivity contribution in [3.63, 3.8) is 0 Å². The maximum Gasteiger partial charge on any atom is 0.303 e. The maximum absolute atomic E-state index is 13.6. The number of carboxylic acid groups (broad SMARTS) is 1. The van der Waals surface area contributed by atoms with Gasteiger partial charge in [-0.3, -0.25) is 4.79 Å². The van der Waals surface area contributed by atoms with Crippen molar-refractivity contribution in [2.24, 2.45) is 11.8 Å². The van der Waals surface area contributed by atoms with Crippen LogP contribution in [-0.4, -0.2) is 41.6 Å². The Labute approximate surface area is 210 Å². The van der Waals surface area contributed by atoms with Crippen molar-refractivity contribution in [1.82, 2.24) is 0 Å². The highest BCUT2D eigenvalue weighted by Gasteiger charge is 2.58. The van der Waals surface area contributed by atoms with Gasteiger partial charge in [0, 0.05) is 17.8 Å². The van der Waals surface area contributed by atoms with E-state index in [2.05, 4.69) is 6.08 Å². The minimum absolute atomic E-state index is 0.0121. The van der Waals surface area contributed by atoms with Gasteiger partial charge in [-0.05, 0) is 73.6 Å². The molecule has 1 saturated heterocycles. The molecule has 0 radical (unpaired) electrons. The summed E-state index contributed by atoms with van der Waals surface area (Å²) in [5, 5.41) is 19.3. The molecular weight excluding hydrogens is 466 g/mol. The van der Waals surface area contributed by atoms with Gasteiger partial charge < -0.3 is 19.7 Å².